The average Bonchev–Trinajstić information content (AvgIpc) is 3.00. The van der Waals surface area contributed by atoms with Crippen LogP contribution in [-0.2, 0) is 23.1 Å². The van der Waals surface area contributed by atoms with Gasteiger partial charge in [-0.1, -0.05) is 18.2 Å². The van der Waals surface area contributed by atoms with E-state index in [9.17, 15) is 9.59 Å². The van der Waals surface area contributed by atoms with Crippen LogP contribution in [0.2, 0.25) is 0 Å². The topological polar surface area (TPSA) is 58.4 Å². The van der Waals surface area contributed by atoms with Crippen molar-refractivity contribution >= 4 is 17.5 Å². The Bertz CT molecular complexity index is 783. The summed E-state index contributed by atoms with van der Waals surface area (Å²) in [6.45, 7) is 4.67. The van der Waals surface area contributed by atoms with Crippen LogP contribution < -0.4 is 4.90 Å². The second-order valence-corrected chi connectivity index (χ2v) is 6.68. The number of carbonyl (C=O) groups excluding carboxylic acids is 2. The summed E-state index contributed by atoms with van der Waals surface area (Å²) >= 11 is 0. The molecule has 0 aliphatic carbocycles. The minimum Gasteiger partial charge on any atom is -0.329 e. The zero-order valence-corrected chi connectivity index (χ0v) is 15.0. The Morgan fingerprint density at radius 3 is 2.76 bits per heavy atom. The highest BCUT2D eigenvalue weighted by Gasteiger charge is 2.33. The Morgan fingerprint density at radius 1 is 1.32 bits per heavy atom. The standard InChI is InChI=1S/C19H24N4O2/c1-14-6-4-5-7-17(14)23-11-15(2)22(13-19(23)25)18(24)9-8-16-10-20-21(3)12-16/h4-7,10,12,15H,8-9,11,13H2,1-3H3/t15-/m0/s1. The van der Waals surface area contributed by atoms with Crippen molar-refractivity contribution in [3.05, 3.63) is 47.8 Å². The van der Waals surface area contributed by atoms with Gasteiger partial charge < -0.3 is 9.80 Å². The number of amides is 2. The number of anilines is 1. The van der Waals surface area contributed by atoms with Crippen LogP contribution in [0.4, 0.5) is 5.69 Å². The maximum Gasteiger partial charge on any atom is 0.246 e. The molecule has 1 fully saturated rings. The minimum absolute atomic E-state index is 0.00120. The third-order valence-corrected chi connectivity index (χ3v) is 4.70. The molecule has 0 bridgehead atoms. The number of hydrogen-bond donors (Lipinski definition) is 0. The average molecular weight is 340 g/mol. The summed E-state index contributed by atoms with van der Waals surface area (Å²) < 4.78 is 1.73. The monoisotopic (exact) mass is 340 g/mol. The van der Waals surface area contributed by atoms with Crippen molar-refractivity contribution in [3.8, 4) is 0 Å². The van der Waals surface area contributed by atoms with E-state index in [0.717, 1.165) is 16.8 Å². The molecule has 1 aromatic carbocycles. The lowest BCUT2D eigenvalue weighted by molar-refractivity contribution is -0.139. The first-order valence-corrected chi connectivity index (χ1v) is 8.58. The molecule has 0 saturated carbocycles. The molecule has 0 spiro atoms. The van der Waals surface area contributed by atoms with E-state index >= 15 is 0 Å². The lowest BCUT2D eigenvalue weighted by Crippen LogP contribution is -2.57. The molecule has 25 heavy (non-hydrogen) atoms. The Hall–Kier alpha value is -2.63. The molecule has 132 valence electrons. The number of hydrogen-bond acceptors (Lipinski definition) is 3. The first-order chi connectivity index (χ1) is 12.0. The van der Waals surface area contributed by atoms with Crippen molar-refractivity contribution < 1.29 is 9.59 Å². The number of rotatable bonds is 4. The number of aromatic nitrogens is 2. The van der Waals surface area contributed by atoms with Crippen LogP contribution in [0.25, 0.3) is 0 Å². The lowest BCUT2D eigenvalue weighted by Gasteiger charge is -2.40. The number of benzene rings is 1. The van der Waals surface area contributed by atoms with E-state index in [0.29, 0.717) is 19.4 Å². The van der Waals surface area contributed by atoms with Crippen molar-refractivity contribution in [2.75, 3.05) is 18.0 Å². The molecular formula is C19H24N4O2. The van der Waals surface area contributed by atoms with Crippen LogP contribution in [0, 0.1) is 6.92 Å². The van der Waals surface area contributed by atoms with Crippen LogP contribution in [0.5, 0.6) is 0 Å². The van der Waals surface area contributed by atoms with Gasteiger partial charge in [0.05, 0.1) is 6.20 Å². The van der Waals surface area contributed by atoms with Gasteiger partial charge in [-0.25, -0.2) is 0 Å². The van der Waals surface area contributed by atoms with Crippen LogP contribution in [0.3, 0.4) is 0 Å². The van der Waals surface area contributed by atoms with E-state index in [1.165, 1.54) is 0 Å². The first-order valence-electron chi connectivity index (χ1n) is 8.58. The van der Waals surface area contributed by atoms with E-state index in [1.54, 1.807) is 20.7 Å². The molecule has 6 heteroatoms. The Kier molecular flexibility index (Phi) is 4.88. The van der Waals surface area contributed by atoms with Gasteiger partial charge in [-0.2, -0.15) is 5.10 Å². The molecule has 2 amide bonds. The normalized spacial score (nSPS) is 17.9. The van der Waals surface area contributed by atoms with Crippen LogP contribution in [-0.4, -0.2) is 45.6 Å². The van der Waals surface area contributed by atoms with Gasteiger partial charge in [-0.3, -0.25) is 14.3 Å². The van der Waals surface area contributed by atoms with Crippen molar-refractivity contribution in [2.45, 2.75) is 32.7 Å². The van der Waals surface area contributed by atoms with Crippen LogP contribution in [0.15, 0.2) is 36.7 Å². The predicted molar refractivity (Wildman–Crippen MR) is 96.2 cm³/mol. The fourth-order valence-corrected chi connectivity index (χ4v) is 3.28. The largest absolute Gasteiger partial charge is 0.329 e. The van der Waals surface area contributed by atoms with Crippen molar-refractivity contribution in [1.82, 2.24) is 14.7 Å². The fourth-order valence-electron chi connectivity index (χ4n) is 3.28. The van der Waals surface area contributed by atoms with Crippen LogP contribution >= 0.6 is 0 Å². The summed E-state index contributed by atoms with van der Waals surface area (Å²) in [6.07, 6.45) is 4.73. The zero-order valence-electron chi connectivity index (χ0n) is 15.0. The summed E-state index contributed by atoms with van der Waals surface area (Å²) in [4.78, 5) is 28.7. The third-order valence-electron chi connectivity index (χ3n) is 4.70. The van der Waals surface area contributed by atoms with Gasteiger partial charge in [0, 0.05) is 37.9 Å². The van der Waals surface area contributed by atoms with E-state index in [2.05, 4.69) is 5.10 Å². The van der Waals surface area contributed by atoms with Crippen molar-refractivity contribution in [2.24, 2.45) is 7.05 Å². The smallest absolute Gasteiger partial charge is 0.246 e. The summed E-state index contributed by atoms with van der Waals surface area (Å²) in [5.41, 5.74) is 3.04. The molecule has 1 saturated heterocycles. The molecule has 3 rings (SSSR count). The summed E-state index contributed by atoms with van der Waals surface area (Å²) in [5.74, 6) is -0.00346. The van der Waals surface area contributed by atoms with Gasteiger partial charge in [0.15, 0.2) is 0 Å². The Morgan fingerprint density at radius 2 is 2.08 bits per heavy atom. The second-order valence-electron chi connectivity index (χ2n) is 6.68. The highest BCUT2D eigenvalue weighted by atomic mass is 16.2. The molecule has 2 aromatic rings. The number of carbonyl (C=O) groups is 2. The fraction of sp³-hybridized carbons (Fsp3) is 0.421. The maximum absolute atomic E-state index is 12.6. The van der Waals surface area contributed by atoms with Gasteiger partial charge in [0.2, 0.25) is 11.8 Å². The lowest BCUT2D eigenvalue weighted by atomic mass is 10.1. The van der Waals surface area contributed by atoms with E-state index in [1.807, 2.05) is 51.4 Å². The summed E-state index contributed by atoms with van der Waals surface area (Å²) in [5, 5.41) is 4.12. The first kappa shape index (κ1) is 17.2. The van der Waals surface area contributed by atoms with Crippen LogP contribution in [0.1, 0.15) is 24.5 Å². The van der Waals surface area contributed by atoms with Gasteiger partial charge in [-0.05, 0) is 37.5 Å². The third kappa shape index (κ3) is 3.73. The second kappa shape index (κ2) is 7.09. The highest BCUT2D eigenvalue weighted by molar-refractivity contribution is 5.98. The van der Waals surface area contributed by atoms with Gasteiger partial charge in [0.1, 0.15) is 6.54 Å². The molecule has 1 aromatic heterocycles. The molecule has 2 heterocycles. The summed E-state index contributed by atoms with van der Waals surface area (Å²) in [7, 11) is 1.86. The molecule has 1 aliphatic heterocycles. The molecule has 6 nitrogen and oxygen atoms in total. The number of nitrogens with zero attached hydrogens (tertiary/aromatic N) is 4. The van der Waals surface area contributed by atoms with Crippen molar-refractivity contribution in [1.29, 1.82) is 0 Å². The molecule has 0 N–H and O–H groups in total. The van der Waals surface area contributed by atoms with Crippen molar-refractivity contribution in [3.63, 3.8) is 0 Å². The number of para-hydroxylation sites is 1. The van der Waals surface area contributed by atoms with E-state index in [-0.39, 0.29) is 24.4 Å². The van der Waals surface area contributed by atoms with E-state index < -0.39 is 0 Å². The van der Waals surface area contributed by atoms with Gasteiger partial charge in [-0.15, -0.1) is 0 Å². The molecule has 1 atom stereocenters. The van der Waals surface area contributed by atoms with Gasteiger partial charge in [0.25, 0.3) is 0 Å². The highest BCUT2D eigenvalue weighted by Crippen LogP contribution is 2.24. The molecular weight excluding hydrogens is 316 g/mol. The zero-order chi connectivity index (χ0) is 18.0. The number of piperazine rings is 1. The Balaban J connectivity index is 1.64. The number of aryl methyl sites for hydroxylation is 3. The minimum atomic E-state index is -0.0258. The summed E-state index contributed by atoms with van der Waals surface area (Å²) in [6, 6.07) is 7.86. The predicted octanol–water partition coefficient (Wildman–Crippen LogP) is 1.93. The SMILES string of the molecule is Cc1ccccc1N1C[C@H](C)N(C(=O)CCc2cnn(C)c2)CC1=O. The molecule has 0 unspecified atom stereocenters. The van der Waals surface area contributed by atoms with Gasteiger partial charge >= 0.3 is 0 Å². The van der Waals surface area contributed by atoms with E-state index in [4.69, 9.17) is 0 Å². The maximum atomic E-state index is 12.6. The molecule has 0 radical (unpaired) electrons. The molecule has 1 aliphatic rings. The Labute approximate surface area is 148 Å². The quantitative estimate of drug-likeness (QED) is 0.854.